The maximum absolute atomic E-state index is 6.61. The van der Waals surface area contributed by atoms with Crippen LogP contribution in [0.4, 0.5) is 0 Å². The predicted molar refractivity (Wildman–Crippen MR) is 188 cm³/mol. The molecule has 0 fully saturated rings. The number of hydrogen-bond acceptors (Lipinski definition) is 2. The van der Waals surface area contributed by atoms with Crippen molar-refractivity contribution in [2.75, 3.05) is 0 Å². The predicted octanol–water partition coefficient (Wildman–Crippen LogP) is 12.0. The molecule has 206 valence electrons. The van der Waals surface area contributed by atoms with E-state index in [4.69, 9.17) is 4.74 Å². The number of benzene rings is 7. The zero-order chi connectivity index (χ0) is 28.8. The van der Waals surface area contributed by atoms with Gasteiger partial charge in [0.25, 0.3) is 0 Å². The van der Waals surface area contributed by atoms with Crippen LogP contribution in [0.15, 0.2) is 145 Å². The Morgan fingerprint density at radius 2 is 1.20 bits per heavy atom. The minimum atomic E-state index is 0.204. The molecular formula is C42H26OS. The molecule has 0 saturated heterocycles. The first kappa shape index (κ1) is 24.3. The van der Waals surface area contributed by atoms with Crippen LogP contribution in [0.1, 0.15) is 23.5 Å². The van der Waals surface area contributed by atoms with E-state index in [1.807, 2.05) is 11.3 Å². The van der Waals surface area contributed by atoms with Crippen molar-refractivity contribution in [1.29, 1.82) is 0 Å². The molecule has 2 heterocycles. The van der Waals surface area contributed by atoms with Crippen LogP contribution >= 0.6 is 11.3 Å². The van der Waals surface area contributed by atoms with Crippen LogP contribution in [-0.2, 0) is 0 Å². The molecule has 7 aromatic carbocycles. The van der Waals surface area contributed by atoms with Crippen LogP contribution < -0.4 is 4.74 Å². The lowest BCUT2D eigenvalue weighted by Gasteiger charge is -2.23. The molecule has 0 amide bonds. The first-order chi connectivity index (χ1) is 21.8. The lowest BCUT2D eigenvalue weighted by atomic mass is 9.80. The van der Waals surface area contributed by atoms with Crippen molar-refractivity contribution >= 4 is 69.4 Å². The zero-order valence-corrected chi connectivity index (χ0v) is 24.7. The topological polar surface area (TPSA) is 9.23 Å². The summed E-state index contributed by atoms with van der Waals surface area (Å²) in [5.74, 6) is 2.26. The van der Waals surface area contributed by atoms with E-state index in [1.54, 1.807) is 0 Å². The standard InChI is InChI=1S/C42H26OS/c1-2-10-25(11-3-1)40-28-12-4-6-14-30(28)41(31-15-7-5-13-29(31)40)27-18-20-36-34(23-27)35-22-26-19-21-39-42(33(26)24-37(35)43-36)32-16-8-9-17-38(32)44-39/h1-22,24,34H,23H2. The lowest BCUT2D eigenvalue weighted by Crippen LogP contribution is -2.05. The van der Waals surface area contributed by atoms with Gasteiger partial charge in [0.05, 0.1) is 0 Å². The summed E-state index contributed by atoms with van der Waals surface area (Å²) in [4.78, 5) is 0. The summed E-state index contributed by atoms with van der Waals surface area (Å²) in [5, 5.41) is 10.4. The van der Waals surface area contributed by atoms with Crippen molar-refractivity contribution < 1.29 is 4.74 Å². The largest absolute Gasteiger partial charge is 0.461 e. The monoisotopic (exact) mass is 578 g/mol. The fraction of sp³-hybridized carbons (Fsp3) is 0.0476. The van der Waals surface area contributed by atoms with E-state index in [1.165, 1.54) is 80.3 Å². The second-order valence-corrected chi connectivity index (χ2v) is 13.1. The van der Waals surface area contributed by atoms with Crippen LogP contribution in [0.5, 0.6) is 5.75 Å². The van der Waals surface area contributed by atoms with Crippen LogP contribution in [0, 0.1) is 0 Å². The average Bonchev–Trinajstić information content (AvgIpc) is 3.64. The van der Waals surface area contributed by atoms with E-state index in [0.717, 1.165) is 17.9 Å². The number of ether oxygens (including phenoxy) is 1. The molecule has 2 aliphatic rings. The number of fused-ring (bicyclic) bond motifs is 10. The Kier molecular flexibility index (Phi) is 5.05. The molecule has 2 heteroatoms. The van der Waals surface area contributed by atoms with Gasteiger partial charge in [-0.2, -0.15) is 0 Å². The van der Waals surface area contributed by atoms with Crippen LogP contribution in [0.3, 0.4) is 0 Å². The van der Waals surface area contributed by atoms with Gasteiger partial charge in [-0.3, -0.25) is 0 Å². The quantitative estimate of drug-likeness (QED) is 0.185. The minimum absolute atomic E-state index is 0.204. The fourth-order valence-corrected chi connectivity index (χ4v) is 8.83. The van der Waals surface area contributed by atoms with Crippen molar-refractivity contribution in [3.05, 3.63) is 156 Å². The van der Waals surface area contributed by atoms with Gasteiger partial charge in [0, 0.05) is 31.7 Å². The van der Waals surface area contributed by atoms with Crippen molar-refractivity contribution in [3.63, 3.8) is 0 Å². The number of rotatable bonds is 2. The first-order valence-corrected chi connectivity index (χ1v) is 16.1. The van der Waals surface area contributed by atoms with Gasteiger partial charge in [-0.05, 0) is 91.3 Å². The first-order valence-electron chi connectivity index (χ1n) is 15.3. The van der Waals surface area contributed by atoms with Gasteiger partial charge < -0.3 is 4.74 Å². The van der Waals surface area contributed by atoms with E-state index in [0.29, 0.717) is 0 Å². The summed E-state index contributed by atoms with van der Waals surface area (Å²) < 4.78 is 9.27. The van der Waals surface area contributed by atoms with Gasteiger partial charge in [0.15, 0.2) is 0 Å². The zero-order valence-electron chi connectivity index (χ0n) is 23.9. The molecule has 0 bridgehead atoms. The van der Waals surface area contributed by atoms with E-state index in [-0.39, 0.29) is 5.92 Å². The highest BCUT2D eigenvalue weighted by Crippen LogP contribution is 2.52. The molecule has 0 saturated carbocycles. The van der Waals surface area contributed by atoms with Crippen LogP contribution in [0.25, 0.3) is 69.2 Å². The molecule has 1 aliphatic carbocycles. The van der Waals surface area contributed by atoms with Crippen molar-refractivity contribution in [2.45, 2.75) is 12.3 Å². The van der Waals surface area contributed by atoms with E-state index in [9.17, 15) is 0 Å². The third-order valence-corrected chi connectivity index (χ3v) is 10.8. The molecule has 10 rings (SSSR count). The normalized spacial score (nSPS) is 15.9. The smallest absolute Gasteiger partial charge is 0.131 e. The van der Waals surface area contributed by atoms with Crippen molar-refractivity contribution in [1.82, 2.24) is 0 Å². The Morgan fingerprint density at radius 3 is 1.95 bits per heavy atom. The van der Waals surface area contributed by atoms with Crippen LogP contribution in [0.2, 0.25) is 0 Å². The molecule has 8 aromatic rings. The van der Waals surface area contributed by atoms with E-state index in [2.05, 4.69) is 140 Å². The van der Waals surface area contributed by atoms with Gasteiger partial charge in [-0.25, -0.2) is 0 Å². The van der Waals surface area contributed by atoms with E-state index >= 15 is 0 Å². The summed E-state index contributed by atoms with van der Waals surface area (Å²) >= 11 is 1.87. The molecule has 1 atom stereocenters. The van der Waals surface area contributed by atoms with E-state index < -0.39 is 0 Å². The molecule has 1 nitrogen and oxygen atoms in total. The summed E-state index contributed by atoms with van der Waals surface area (Å²) in [6.45, 7) is 0. The van der Waals surface area contributed by atoms with Crippen molar-refractivity contribution in [3.8, 4) is 16.9 Å². The third-order valence-electron chi connectivity index (χ3n) is 9.62. The third kappa shape index (κ3) is 3.40. The molecule has 0 N–H and O–H groups in total. The summed E-state index contributed by atoms with van der Waals surface area (Å²) in [6.07, 6.45) is 5.43. The molecule has 0 spiro atoms. The maximum Gasteiger partial charge on any atom is 0.131 e. The number of thiophene rings is 1. The lowest BCUT2D eigenvalue weighted by molar-refractivity contribution is 0.427. The number of hydrogen-bond donors (Lipinski definition) is 0. The second-order valence-electron chi connectivity index (χ2n) is 12.0. The molecule has 1 aromatic heterocycles. The van der Waals surface area contributed by atoms with Gasteiger partial charge in [-0.1, -0.05) is 109 Å². The molecular weight excluding hydrogens is 553 g/mol. The van der Waals surface area contributed by atoms with Gasteiger partial charge in [-0.15, -0.1) is 11.3 Å². The summed E-state index contributed by atoms with van der Waals surface area (Å²) in [6, 6.07) is 46.7. The van der Waals surface area contributed by atoms with Gasteiger partial charge in [0.1, 0.15) is 11.5 Å². The van der Waals surface area contributed by atoms with Gasteiger partial charge in [0.2, 0.25) is 0 Å². The molecule has 44 heavy (non-hydrogen) atoms. The fourth-order valence-electron chi connectivity index (χ4n) is 7.71. The highest BCUT2D eigenvalue weighted by Gasteiger charge is 2.34. The number of allylic oxidation sites excluding steroid dienone is 4. The Labute approximate surface area is 259 Å². The Balaban J connectivity index is 1.15. The minimum Gasteiger partial charge on any atom is -0.461 e. The Bertz CT molecular complexity index is 2490. The molecule has 1 unspecified atom stereocenters. The Morgan fingerprint density at radius 1 is 0.545 bits per heavy atom. The highest BCUT2D eigenvalue weighted by molar-refractivity contribution is 7.26. The SMILES string of the molecule is C1=C(c2c3ccccc3c(-c3ccccc3)c3ccccc23)CC2C(=C1)Oc1cc3c(ccc4sc5ccccc5c43)cc12. The highest BCUT2D eigenvalue weighted by atomic mass is 32.1. The second kappa shape index (κ2) is 9.16. The Hall–Kier alpha value is -5.18. The van der Waals surface area contributed by atoms with Crippen LogP contribution in [-0.4, -0.2) is 0 Å². The van der Waals surface area contributed by atoms with Gasteiger partial charge >= 0.3 is 0 Å². The maximum atomic E-state index is 6.61. The summed E-state index contributed by atoms with van der Waals surface area (Å²) in [7, 11) is 0. The average molecular weight is 579 g/mol. The summed E-state index contributed by atoms with van der Waals surface area (Å²) in [5.41, 5.74) is 6.56. The van der Waals surface area contributed by atoms with Crippen molar-refractivity contribution in [2.24, 2.45) is 0 Å². The molecule has 0 radical (unpaired) electrons. The molecule has 1 aliphatic heterocycles.